The molecule has 0 unspecified atom stereocenters. The lowest BCUT2D eigenvalue weighted by molar-refractivity contribution is 0.628. The van der Waals surface area contributed by atoms with Gasteiger partial charge in [0.2, 0.25) is 0 Å². The van der Waals surface area contributed by atoms with Gasteiger partial charge in [-0.2, -0.15) is 0 Å². The summed E-state index contributed by atoms with van der Waals surface area (Å²) < 4.78 is 21.1. The van der Waals surface area contributed by atoms with Crippen molar-refractivity contribution in [2.75, 3.05) is 4.90 Å². The zero-order valence-corrected chi connectivity index (χ0v) is 41.7. The highest BCUT2D eigenvalue weighted by Gasteiger charge is 2.19. The number of allylic oxidation sites excluding steroid dienone is 3. The van der Waals surface area contributed by atoms with E-state index in [9.17, 15) is 4.39 Å². The van der Waals surface area contributed by atoms with Gasteiger partial charge in [0, 0.05) is 49.9 Å². The van der Waals surface area contributed by atoms with Crippen molar-refractivity contribution in [1.29, 1.82) is 0 Å². The van der Waals surface area contributed by atoms with E-state index < -0.39 is 0 Å². The number of nitrogens with zero attached hydrogens (tertiary/aromatic N) is 2. The van der Waals surface area contributed by atoms with Crippen LogP contribution in [0.25, 0.3) is 105 Å². The molecule has 4 heteroatoms. The summed E-state index contributed by atoms with van der Waals surface area (Å²) in [6.07, 6.45) is 8.98. The highest BCUT2D eigenvalue weighted by Crippen LogP contribution is 2.41. The van der Waals surface area contributed by atoms with Crippen LogP contribution in [0.15, 0.2) is 295 Å². The molecule has 0 radical (unpaired) electrons. The molecule has 2 aromatic heterocycles. The molecule has 0 aliphatic heterocycles. The number of aromatic nitrogens is 1. The largest absolute Gasteiger partial charge is 0.455 e. The molecule has 0 bridgehead atoms. The Balaban J connectivity index is 0.000000734. The van der Waals surface area contributed by atoms with Gasteiger partial charge in [0.15, 0.2) is 0 Å². The topological polar surface area (TPSA) is 21.3 Å². The molecule has 0 amide bonds. The van der Waals surface area contributed by atoms with Crippen molar-refractivity contribution in [3.63, 3.8) is 0 Å². The molecule has 13 aromatic rings. The Hall–Kier alpha value is -9.77. The van der Waals surface area contributed by atoms with Crippen molar-refractivity contribution in [2.24, 2.45) is 0 Å². The third kappa shape index (κ3) is 8.97. The quantitative estimate of drug-likeness (QED) is 0.144. The fourth-order valence-corrected chi connectivity index (χ4v) is 10.9. The first-order chi connectivity index (χ1) is 37.6. The van der Waals surface area contributed by atoms with E-state index in [1.165, 1.54) is 73.0 Å². The Morgan fingerprint density at radius 1 is 0.368 bits per heavy atom. The number of hydrogen-bond donors (Lipinski definition) is 0. The van der Waals surface area contributed by atoms with Gasteiger partial charge >= 0.3 is 0 Å². The number of rotatable bonds is 9. The van der Waals surface area contributed by atoms with E-state index in [4.69, 9.17) is 4.42 Å². The predicted molar refractivity (Wildman–Crippen MR) is 317 cm³/mol. The Labute approximate surface area is 442 Å². The molecule has 0 atom stereocenters. The van der Waals surface area contributed by atoms with Gasteiger partial charge in [-0.3, -0.25) is 0 Å². The summed E-state index contributed by atoms with van der Waals surface area (Å²) in [6, 6.07) is 93.5. The lowest BCUT2D eigenvalue weighted by Gasteiger charge is -2.28. The number of benzene rings is 11. The lowest BCUT2D eigenvalue weighted by Crippen LogP contribution is -2.16. The van der Waals surface area contributed by atoms with E-state index in [1.54, 1.807) is 18.2 Å². The Kier molecular flexibility index (Phi) is 12.3. The van der Waals surface area contributed by atoms with Crippen LogP contribution in [-0.4, -0.2) is 4.57 Å². The van der Waals surface area contributed by atoms with E-state index in [0.29, 0.717) is 0 Å². The van der Waals surface area contributed by atoms with E-state index >= 15 is 0 Å². The van der Waals surface area contributed by atoms with Crippen LogP contribution in [0.4, 0.5) is 15.8 Å². The van der Waals surface area contributed by atoms with Gasteiger partial charge in [-0.25, -0.2) is 4.39 Å². The van der Waals surface area contributed by atoms with E-state index in [2.05, 4.69) is 264 Å². The second-order valence-corrected chi connectivity index (χ2v) is 19.3. The van der Waals surface area contributed by atoms with Gasteiger partial charge in [-0.05, 0) is 160 Å². The molecule has 2 heterocycles. The molecule has 14 rings (SSSR count). The third-order valence-corrected chi connectivity index (χ3v) is 14.5. The fourth-order valence-electron chi connectivity index (χ4n) is 10.9. The molecule has 362 valence electrons. The highest BCUT2D eigenvalue weighted by atomic mass is 19.1. The van der Waals surface area contributed by atoms with Crippen LogP contribution in [0.3, 0.4) is 0 Å². The van der Waals surface area contributed by atoms with Crippen LogP contribution >= 0.6 is 0 Å². The summed E-state index contributed by atoms with van der Waals surface area (Å²) in [5.41, 5.74) is 20.4. The number of anilines is 2. The minimum absolute atomic E-state index is 0.178. The minimum Gasteiger partial charge on any atom is -0.455 e. The van der Waals surface area contributed by atoms with Gasteiger partial charge in [-0.15, -0.1) is 0 Å². The fraction of sp³-hybridized carbons (Fsp3) is 0.0278. The second kappa shape index (κ2) is 20.3. The molecule has 0 N–H and O–H groups in total. The predicted octanol–water partition coefficient (Wildman–Crippen LogP) is 20.2. The molecule has 11 aromatic carbocycles. The van der Waals surface area contributed by atoms with Gasteiger partial charge in [-0.1, -0.05) is 188 Å². The van der Waals surface area contributed by atoms with E-state index in [1.807, 2.05) is 0 Å². The van der Waals surface area contributed by atoms with Crippen LogP contribution in [0.1, 0.15) is 12.8 Å². The van der Waals surface area contributed by atoms with Gasteiger partial charge in [0.1, 0.15) is 17.0 Å². The molecule has 1 aliphatic rings. The molecule has 0 spiro atoms. The van der Waals surface area contributed by atoms with Gasteiger partial charge in [0.25, 0.3) is 0 Å². The maximum atomic E-state index is 11.9. The smallest absolute Gasteiger partial charge is 0.143 e. The SMILES string of the molecule is C1=CC(N(c2ccccc2)c2cccc(-c3cccc(-c4cccc(-c5ccc6oc7c(-c8cccc(-n9c%10ccccc%10c%10cc(-c%11ccccc%11)ccc%109)c8)cccc7c6c5)c4)c3)c2)=CCC1.Fc1ccccc1. The average molecular weight is 979 g/mol. The van der Waals surface area contributed by atoms with Crippen molar-refractivity contribution in [2.45, 2.75) is 12.8 Å². The molecule has 1 aliphatic carbocycles. The first-order valence-corrected chi connectivity index (χ1v) is 26.0. The van der Waals surface area contributed by atoms with Crippen molar-refractivity contribution in [1.82, 2.24) is 4.57 Å². The van der Waals surface area contributed by atoms with Crippen LogP contribution in [0.5, 0.6) is 0 Å². The summed E-state index contributed by atoms with van der Waals surface area (Å²) in [5.74, 6) is -0.178. The monoisotopic (exact) mass is 978 g/mol. The summed E-state index contributed by atoms with van der Waals surface area (Å²) in [6.45, 7) is 0. The first kappa shape index (κ1) is 46.0. The van der Waals surface area contributed by atoms with Crippen LogP contribution < -0.4 is 4.90 Å². The summed E-state index contributed by atoms with van der Waals surface area (Å²) >= 11 is 0. The summed E-state index contributed by atoms with van der Waals surface area (Å²) in [5, 5.41) is 4.69. The first-order valence-electron chi connectivity index (χ1n) is 26.0. The van der Waals surface area contributed by atoms with Crippen molar-refractivity contribution in [3.05, 3.63) is 297 Å². The molecular weight excluding hydrogens is 928 g/mol. The van der Waals surface area contributed by atoms with Gasteiger partial charge < -0.3 is 13.9 Å². The van der Waals surface area contributed by atoms with Crippen LogP contribution in [0.2, 0.25) is 0 Å². The zero-order valence-electron chi connectivity index (χ0n) is 41.7. The van der Waals surface area contributed by atoms with Crippen molar-refractivity contribution >= 4 is 55.1 Å². The molecular formula is C72H51FN2O. The summed E-state index contributed by atoms with van der Waals surface area (Å²) in [7, 11) is 0. The molecule has 76 heavy (non-hydrogen) atoms. The zero-order chi connectivity index (χ0) is 50.8. The maximum absolute atomic E-state index is 11.9. The van der Waals surface area contributed by atoms with Crippen LogP contribution in [-0.2, 0) is 0 Å². The van der Waals surface area contributed by atoms with Crippen molar-refractivity contribution in [3.8, 4) is 61.3 Å². The normalized spacial score (nSPS) is 12.2. The minimum atomic E-state index is -0.178. The second-order valence-electron chi connectivity index (χ2n) is 19.3. The molecule has 0 fully saturated rings. The molecule has 0 saturated heterocycles. The molecule has 3 nitrogen and oxygen atoms in total. The highest BCUT2D eigenvalue weighted by molar-refractivity contribution is 6.12. The molecule has 0 saturated carbocycles. The number of halogens is 1. The lowest BCUT2D eigenvalue weighted by atomic mass is 9.95. The number of hydrogen-bond acceptors (Lipinski definition) is 2. The Bertz CT molecular complexity index is 4300. The van der Waals surface area contributed by atoms with Gasteiger partial charge in [0.05, 0.1) is 11.0 Å². The van der Waals surface area contributed by atoms with Crippen LogP contribution in [0, 0.1) is 5.82 Å². The third-order valence-electron chi connectivity index (χ3n) is 14.5. The van der Waals surface area contributed by atoms with E-state index in [0.717, 1.165) is 74.1 Å². The van der Waals surface area contributed by atoms with Crippen molar-refractivity contribution < 1.29 is 8.81 Å². The number of para-hydroxylation sites is 3. The standard InChI is InChI=1S/C66H46N2O.C6H5F/c1-4-17-45(18-5-1)51-35-37-64-61(43-51)59-31-10-11-34-63(59)68(64)57-30-15-24-53(42-57)58-32-16-33-60-62-44-52(36-38-65(62)69-66(58)60)49-22-13-20-47(40-49)46-19-12-21-48(39-46)50-23-14-29-56(41-50)67(54-25-6-2-7-26-54)55-27-8-3-9-28-55;7-6-4-2-1-3-5-6/h1-2,4-8,10-44H,3,9H2;1-5H. The Morgan fingerprint density at radius 3 is 1.62 bits per heavy atom. The maximum Gasteiger partial charge on any atom is 0.143 e. The summed E-state index contributed by atoms with van der Waals surface area (Å²) in [4.78, 5) is 2.36. The number of fused-ring (bicyclic) bond motifs is 6. The van der Waals surface area contributed by atoms with E-state index in [-0.39, 0.29) is 5.82 Å². The Morgan fingerprint density at radius 2 is 0.908 bits per heavy atom. The average Bonchev–Trinajstić information content (AvgIpc) is 4.13. The number of furan rings is 1.